The maximum absolute atomic E-state index is 6.25. The zero-order valence-corrected chi connectivity index (χ0v) is 12.6. The van der Waals surface area contributed by atoms with Crippen molar-refractivity contribution in [2.75, 3.05) is 13.1 Å². The molecule has 1 saturated carbocycles. The Morgan fingerprint density at radius 3 is 2.50 bits per heavy atom. The van der Waals surface area contributed by atoms with E-state index in [1.807, 2.05) is 0 Å². The summed E-state index contributed by atoms with van der Waals surface area (Å²) in [6.45, 7) is 9.40. The second-order valence-electron chi connectivity index (χ2n) is 7.02. The third kappa shape index (κ3) is 2.75. The number of nitrogens with zero attached hydrogens (tertiary/aromatic N) is 1. The minimum Gasteiger partial charge on any atom is -0.329 e. The molecule has 0 spiro atoms. The van der Waals surface area contributed by atoms with Crippen molar-refractivity contribution in [3.63, 3.8) is 0 Å². The molecule has 0 amide bonds. The van der Waals surface area contributed by atoms with Gasteiger partial charge in [-0.3, -0.25) is 4.90 Å². The molecular weight excluding hydrogens is 220 g/mol. The quantitative estimate of drug-likeness (QED) is 0.816. The van der Waals surface area contributed by atoms with E-state index in [-0.39, 0.29) is 0 Å². The van der Waals surface area contributed by atoms with Crippen molar-refractivity contribution in [3.05, 3.63) is 0 Å². The molecule has 1 aliphatic carbocycles. The minimum atomic E-state index is 0.315. The van der Waals surface area contributed by atoms with E-state index in [1.54, 1.807) is 0 Å². The van der Waals surface area contributed by atoms with Gasteiger partial charge in [-0.2, -0.15) is 0 Å². The molecule has 2 fully saturated rings. The van der Waals surface area contributed by atoms with E-state index in [0.29, 0.717) is 5.54 Å². The van der Waals surface area contributed by atoms with Gasteiger partial charge in [0, 0.05) is 18.1 Å². The predicted octanol–water partition coefficient (Wildman–Crippen LogP) is 3.40. The fourth-order valence-electron chi connectivity index (χ4n) is 4.23. The minimum absolute atomic E-state index is 0.315. The van der Waals surface area contributed by atoms with E-state index >= 15 is 0 Å². The second-order valence-corrected chi connectivity index (χ2v) is 7.02. The van der Waals surface area contributed by atoms with E-state index in [4.69, 9.17) is 5.73 Å². The van der Waals surface area contributed by atoms with Crippen molar-refractivity contribution in [1.82, 2.24) is 4.90 Å². The molecule has 2 heteroatoms. The number of rotatable bonds is 2. The zero-order valence-electron chi connectivity index (χ0n) is 12.6. The van der Waals surface area contributed by atoms with Crippen LogP contribution in [0.15, 0.2) is 0 Å². The van der Waals surface area contributed by atoms with Crippen LogP contribution in [0.2, 0.25) is 0 Å². The van der Waals surface area contributed by atoms with Crippen molar-refractivity contribution in [3.8, 4) is 0 Å². The van der Waals surface area contributed by atoms with Crippen LogP contribution in [0.5, 0.6) is 0 Å². The van der Waals surface area contributed by atoms with E-state index in [0.717, 1.165) is 24.4 Å². The molecule has 18 heavy (non-hydrogen) atoms. The Hall–Kier alpha value is -0.0800. The first-order valence-electron chi connectivity index (χ1n) is 8.06. The topological polar surface area (TPSA) is 29.3 Å². The summed E-state index contributed by atoms with van der Waals surface area (Å²) >= 11 is 0. The van der Waals surface area contributed by atoms with Gasteiger partial charge >= 0.3 is 0 Å². The molecule has 2 N–H and O–H groups in total. The molecule has 2 nitrogen and oxygen atoms in total. The van der Waals surface area contributed by atoms with Crippen molar-refractivity contribution in [2.24, 2.45) is 17.6 Å². The van der Waals surface area contributed by atoms with E-state index in [2.05, 4.69) is 25.7 Å². The van der Waals surface area contributed by atoms with Crippen LogP contribution in [0.1, 0.15) is 65.7 Å². The van der Waals surface area contributed by atoms with E-state index < -0.39 is 0 Å². The van der Waals surface area contributed by atoms with E-state index in [1.165, 1.54) is 51.5 Å². The highest BCUT2D eigenvalue weighted by Gasteiger charge is 2.42. The molecule has 2 rings (SSSR count). The lowest BCUT2D eigenvalue weighted by atomic mass is 9.70. The van der Waals surface area contributed by atoms with E-state index in [9.17, 15) is 0 Å². The average Bonchev–Trinajstić information content (AvgIpc) is 2.58. The third-order valence-corrected chi connectivity index (χ3v) is 5.78. The summed E-state index contributed by atoms with van der Waals surface area (Å²) in [6.07, 6.45) is 9.55. The van der Waals surface area contributed by atoms with Crippen LogP contribution >= 0.6 is 0 Å². The van der Waals surface area contributed by atoms with Crippen LogP contribution in [0.4, 0.5) is 0 Å². The molecule has 4 unspecified atom stereocenters. The first-order valence-corrected chi connectivity index (χ1v) is 8.06. The summed E-state index contributed by atoms with van der Waals surface area (Å²) in [5, 5.41) is 0. The Morgan fingerprint density at radius 1 is 1.06 bits per heavy atom. The van der Waals surface area contributed by atoms with Crippen LogP contribution < -0.4 is 5.73 Å². The summed E-state index contributed by atoms with van der Waals surface area (Å²) in [7, 11) is 0. The van der Waals surface area contributed by atoms with Crippen molar-refractivity contribution in [2.45, 2.75) is 77.3 Å². The Kier molecular flexibility index (Phi) is 4.71. The first-order chi connectivity index (χ1) is 8.59. The summed E-state index contributed by atoms with van der Waals surface area (Å²) in [4.78, 5) is 2.79. The van der Waals surface area contributed by atoms with Crippen LogP contribution in [0.25, 0.3) is 0 Å². The van der Waals surface area contributed by atoms with Gasteiger partial charge in [0.1, 0.15) is 0 Å². The lowest BCUT2D eigenvalue weighted by Gasteiger charge is -2.51. The van der Waals surface area contributed by atoms with Gasteiger partial charge in [0.15, 0.2) is 0 Å². The molecule has 0 aromatic rings. The second kappa shape index (κ2) is 5.92. The molecule has 0 bridgehead atoms. The number of hydrogen-bond acceptors (Lipinski definition) is 2. The predicted molar refractivity (Wildman–Crippen MR) is 78.6 cm³/mol. The number of likely N-dealkylation sites (tertiary alicyclic amines) is 1. The standard InChI is InChI=1S/C16H32N2/c1-13-8-9-16(12-17,11-14(13)2)18-10-6-4-5-7-15(18)3/h13-15H,4-12,17H2,1-3H3. The Bertz CT molecular complexity index is 266. The molecule has 1 heterocycles. The zero-order chi connectivity index (χ0) is 13.2. The smallest absolute Gasteiger partial charge is 0.0337 e. The summed E-state index contributed by atoms with van der Waals surface area (Å²) in [5.74, 6) is 1.71. The molecule has 0 aromatic carbocycles. The summed E-state index contributed by atoms with van der Waals surface area (Å²) in [5.41, 5.74) is 6.56. The fraction of sp³-hybridized carbons (Fsp3) is 1.00. The Labute approximate surface area is 113 Å². The highest BCUT2D eigenvalue weighted by molar-refractivity contribution is 4.99. The molecular formula is C16H32N2. The highest BCUT2D eigenvalue weighted by Crippen LogP contribution is 2.41. The Morgan fingerprint density at radius 2 is 1.83 bits per heavy atom. The fourth-order valence-corrected chi connectivity index (χ4v) is 4.23. The largest absolute Gasteiger partial charge is 0.329 e. The molecule has 1 saturated heterocycles. The third-order valence-electron chi connectivity index (χ3n) is 5.78. The van der Waals surface area contributed by atoms with Gasteiger partial charge in [0.2, 0.25) is 0 Å². The van der Waals surface area contributed by atoms with Crippen molar-refractivity contribution in [1.29, 1.82) is 0 Å². The van der Waals surface area contributed by atoms with Gasteiger partial charge in [-0.25, -0.2) is 0 Å². The average molecular weight is 252 g/mol. The molecule has 1 aliphatic heterocycles. The van der Waals surface area contributed by atoms with Gasteiger partial charge in [0.25, 0.3) is 0 Å². The molecule has 4 atom stereocenters. The van der Waals surface area contributed by atoms with Crippen molar-refractivity contribution < 1.29 is 0 Å². The lowest BCUT2D eigenvalue weighted by Crippen LogP contribution is -2.59. The van der Waals surface area contributed by atoms with Gasteiger partial charge in [-0.05, 0) is 57.4 Å². The number of hydrogen-bond donors (Lipinski definition) is 1. The van der Waals surface area contributed by atoms with Crippen LogP contribution in [-0.4, -0.2) is 29.6 Å². The van der Waals surface area contributed by atoms with Crippen molar-refractivity contribution >= 4 is 0 Å². The molecule has 0 radical (unpaired) electrons. The Balaban J connectivity index is 2.14. The van der Waals surface area contributed by atoms with Crippen LogP contribution in [0.3, 0.4) is 0 Å². The van der Waals surface area contributed by atoms with Crippen LogP contribution in [-0.2, 0) is 0 Å². The molecule has 106 valence electrons. The lowest BCUT2D eigenvalue weighted by molar-refractivity contribution is -0.00276. The summed E-state index contributed by atoms with van der Waals surface area (Å²) in [6, 6.07) is 0.733. The maximum atomic E-state index is 6.25. The highest BCUT2D eigenvalue weighted by atomic mass is 15.2. The van der Waals surface area contributed by atoms with Gasteiger partial charge < -0.3 is 5.73 Å². The maximum Gasteiger partial charge on any atom is 0.0337 e. The molecule has 2 aliphatic rings. The van der Waals surface area contributed by atoms with Gasteiger partial charge in [0.05, 0.1) is 0 Å². The molecule has 0 aromatic heterocycles. The van der Waals surface area contributed by atoms with Crippen LogP contribution in [0, 0.1) is 11.8 Å². The summed E-state index contributed by atoms with van der Waals surface area (Å²) < 4.78 is 0. The monoisotopic (exact) mass is 252 g/mol. The first kappa shape index (κ1) is 14.3. The van der Waals surface area contributed by atoms with Gasteiger partial charge in [-0.15, -0.1) is 0 Å². The van der Waals surface area contributed by atoms with Gasteiger partial charge in [-0.1, -0.05) is 26.7 Å². The number of nitrogens with two attached hydrogens (primary N) is 1. The SMILES string of the molecule is CC1CCC(CN)(N2CCCCCC2C)CC1C. The normalized spacial score (nSPS) is 43.7.